The zero-order chi connectivity index (χ0) is 22.9. The standard InChI is InChI=1S/C28H28N2O3/c1-19-9-11-21(12-10-19)26(31)22-13-17-29(18-14-22)15-4-16-30-27(32)23-7-2-5-20-6-3-8-24(25(20)23)28(30)33/h2-3,5-12,22H,4,13-18H2,1H3. The number of amides is 2. The number of carbonyl (C=O) groups excluding carboxylic acids is 3. The molecule has 0 saturated carbocycles. The van der Waals surface area contributed by atoms with Crippen LogP contribution in [-0.2, 0) is 0 Å². The van der Waals surface area contributed by atoms with E-state index < -0.39 is 0 Å². The van der Waals surface area contributed by atoms with Crippen molar-refractivity contribution in [3.8, 4) is 0 Å². The Hall–Kier alpha value is -3.31. The molecule has 0 N–H and O–H groups in total. The second-order valence-corrected chi connectivity index (χ2v) is 9.17. The first-order valence-electron chi connectivity index (χ1n) is 11.7. The van der Waals surface area contributed by atoms with Crippen molar-refractivity contribution in [1.82, 2.24) is 9.80 Å². The first-order chi connectivity index (χ1) is 16.0. The van der Waals surface area contributed by atoms with Gasteiger partial charge in [-0.15, -0.1) is 0 Å². The van der Waals surface area contributed by atoms with Crippen molar-refractivity contribution in [3.05, 3.63) is 82.9 Å². The summed E-state index contributed by atoms with van der Waals surface area (Å²) in [6.45, 7) is 4.98. The van der Waals surface area contributed by atoms with Gasteiger partial charge in [-0.1, -0.05) is 54.1 Å². The first kappa shape index (κ1) is 21.5. The number of Topliss-reactive ketones (excluding diaryl/α,β-unsaturated/α-hetero) is 1. The highest BCUT2D eigenvalue weighted by atomic mass is 16.2. The summed E-state index contributed by atoms with van der Waals surface area (Å²) in [5.74, 6) is -0.0865. The van der Waals surface area contributed by atoms with Gasteiger partial charge in [0, 0.05) is 34.5 Å². The largest absolute Gasteiger partial charge is 0.303 e. The molecular formula is C28H28N2O3. The molecule has 0 radical (unpaired) electrons. The SMILES string of the molecule is Cc1ccc(C(=O)C2CCN(CCCN3C(=O)c4cccc5cccc(c45)C3=O)CC2)cc1. The third kappa shape index (κ3) is 4.09. The molecule has 0 atom stereocenters. The maximum absolute atomic E-state index is 13.0. The molecule has 0 unspecified atom stereocenters. The van der Waals surface area contributed by atoms with Crippen LogP contribution >= 0.6 is 0 Å². The molecule has 1 saturated heterocycles. The number of rotatable bonds is 6. The van der Waals surface area contributed by atoms with Crippen LogP contribution in [0.15, 0.2) is 60.7 Å². The van der Waals surface area contributed by atoms with E-state index in [0.717, 1.165) is 60.8 Å². The number of likely N-dealkylation sites (tertiary alicyclic amines) is 1. The number of imide groups is 1. The molecule has 3 aromatic rings. The van der Waals surface area contributed by atoms with Gasteiger partial charge in [0.05, 0.1) is 0 Å². The zero-order valence-corrected chi connectivity index (χ0v) is 18.9. The minimum atomic E-state index is -0.202. The summed E-state index contributed by atoms with van der Waals surface area (Å²) in [7, 11) is 0. The van der Waals surface area contributed by atoms with Gasteiger partial charge < -0.3 is 4.90 Å². The molecule has 5 nitrogen and oxygen atoms in total. The Morgan fingerprint density at radius 3 is 2.06 bits per heavy atom. The number of ketones is 1. The molecule has 0 spiro atoms. The van der Waals surface area contributed by atoms with Crippen LogP contribution in [0, 0.1) is 12.8 Å². The summed E-state index contributed by atoms with van der Waals surface area (Å²) >= 11 is 0. The lowest BCUT2D eigenvalue weighted by molar-refractivity contribution is 0.0597. The molecule has 33 heavy (non-hydrogen) atoms. The van der Waals surface area contributed by atoms with E-state index >= 15 is 0 Å². The monoisotopic (exact) mass is 440 g/mol. The molecule has 2 aliphatic heterocycles. The van der Waals surface area contributed by atoms with E-state index in [4.69, 9.17) is 0 Å². The number of carbonyl (C=O) groups is 3. The second kappa shape index (κ2) is 8.91. The van der Waals surface area contributed by atoms with Crippen molar-refractivity contribution < 1.29 is 14.4 Å². The Balaban J connectivity index is 1.16. The fourth-order valence-corrected chi connectivity index (χ4v) is 5.11. The Labute approximate surface area is 194 Å². The summed E-state index contributed by atoms with van der Waals surface area (Å²) in [6.07, 6.45) is 2.43. The smallest absolute Gasteiger partial charge is 0.261 e. The predicted octanol–water partition coefficient (Wildman–Crippen LogP) is 4.73. The Bertz CT molecular complexity index is 1170. The topological polar surface area (TPSA) is 57.7 Å². The number of nitrogens with zero attached hydrogens (tertiary/aromatic N) is 2. The highest BCUT2D eigenvalue weighted by molar-refractivity contribution is 6.25. The van der Waals surface area contributed by atoms with Crippen LogP contribution in [0.4, 0.5) is 0 Å². The lowest BCUT2D eigenvalue weighted by Crippen LogP contribution is -2.42. The fraction of sp³-hybridized carbons (Fsp3) is 0.321. The van der Waals surface area contributed by atoms with E-state index in [2.05, 4.69) is 4.90 Å². The van der Waals surface area contributed by atoms with Crippen LogP contribution in [-0.4, -0.2) is 53.6 Å². The maximum Gasteiger partial charge on any atom is 0.261 e. The van der Waals surface area contributed by atoms with Crippen LogP contribution in [0.3, 0.4) is 0 Å². The molecule has 1 fully saturated rings. The molecule has 0 bridgehead atoms. The van der Waals surface area contributed by atoms with E-state index in [1.54, 1.807) is 0 Å². The number of hydrogen-bond acceptors (Lipinski definition) is 4. The molecule has 2 amide bonds. The Morgan fingerprint density at radius 2 is 1.45 bits per heavy atom. The molecule has 168 valence electrons. The van der Waals surface area contributed by atoms with E-state index in [1.165, 1.54) is 4.90 Å². The van der Waals surface area contributed by atoms with Crippen LogP contribution in [0.1, 0.15) is 55.9 Å². The van der Waals surface area contributed by atoms with Crippen molar-refractivity contribution in [2.75, 3.05) is 26.2 Å². The molecule has 2 heterocycles. The second-order valence-electron chi connectivity index (χ2n) is 9.17. The van der Waals surface area contributed by atoms with Gasteiger partial charge in [0.15, 0.2) is 5.78 Å². The normalized spacial score (nSPS) is 17.1. The third-order valence-corrected chi connectivity index (χ3v) is 7.01. The Morgan fingerprint density at radius 1 is 0.848 bits per heavy atom. The maximum atomic E-state index is 13.0. The van der Waals surface area contributed by atoms with E-state index in [1.807, 2.05) is 67.6 Å². The van der Waals surface area contributed by atoms with Gasteiger partial charge in [-0.3, -0.25) is 19.3 Å². The predicted molar refractivity (Wildman–Crippen MR) is 129 cm³/mol. The van der Waals surface area contributed by atoms with Gasteiger partial charge >= 0.3 is 0 Å². The lowest BCUT2D eigenvalue weighted by Gasteiger charge is -2.32. The van der Waals surface area contributed by atoms with Crippen LogP contribution < -0.4 is 0 Å². The van der Waals surface area contributed by atoms with Crippen molar-refractivity contribution in [3.63, 3.8) is 0 Å². The Kier molecular flexibility index (Phi) is 5.81. The minimum Gasteiger partial charge on any atom is -0.303 e. The molecule has 0 aliphatic carbocycles. The first-order valence-corrected chi connectivity index (χ1v) is 11.7. The number of benzene rings is 3. The molecule has 0 aromatic heterocycles. The highest BCUT2D eigenvalue weighted by Crippen LogP contribution is 2.30. The van der Waals surface area contributed by atoms with Gasteiger partial charge in [0.1, 0.15) is 0 Å². The summed E-state index contributed by atoms with van der Waals surface area (Å²) in [5, 5.41) is 1.70. The highest BCUT2D eigenvalue weighted by Gasteiger charge is 2.32. The van der Waals surface area contributed by atoms with Crippen LogP contribution in [0.25, 0.3) is 10.8 Å². The molecular weight excluding hydrogens is 412 g/mol. The van der Waals surface area contributed by atoms with Crippen molar-refractivity contribution in [2.24, 2.45) is 5.92 Å². The number of hydrogen-bond donors (Lipinski definition) is 0. The van der Waals surface area contributed by atoms with Gasteiger partial charge in [-0.25, -0.2) is 0 Å². The third-order valence-electron chi connectivity index (χ3n) is 7.01. The van der Waals surface area contributed by atoms with Crippen molar-refractivity contribution in [2.45, 2.75) is 26.2 Å². The fourth-order valence-electron chi connectivity index (χ4n) is 5.11. The van der Waals surface area contributed by atoms with E-state index in [0.29, 0.717) is 17.7 Å². The quantitative estimate of drug-likeness (QED) is 0.411. The van der Waals surface area contributed by atoms with Gasteiger partial charge in [0.2, 0.25) is 0 Å². The summed E-state index contributed by atoms with van der Waals surface area (Å²) in [4.78, 5) is 42.6. The molecule has 5 rings (SSSR count). The summed E-state index contributed by atoms with van der Waals surface area (Å²) in [6, 6.07) is 19.1. The molecule has 2 aliphatic rings. The zero-order valence-electron chi connectivity index (χ0n) is 18.9. The van der Waals surface area contributed by atoms with Crippen LogP contribution in [0.2, 0.25) is 0 Å². The van der Waals surface area contributed by atoms with Crippen molar-refractivity contribution >= 4 is 28.4 Å². The number of piperidine rings is 1. The summed E-state index contributed by atoms with van der Waals surface area (Å²) < 4.78 is 0. The molecule has 3 aromatic carbocycles. The average molecular weight is 441 g/mol. The van der Waals surface area contributed by atoms with Gasteiger partial charge in [-0.05, 0) is 63.3 Å². The van der Waals surface area contributed by atoms with E-state index in [9.17, 15) is 14.4 Å². The summed E-state index contributed by atoms with van der Waals surface area (Å²) in [5.41, 5.74) is 3.18. The lowest BCUT2D eigenvalue weighted by atomic mass is 9.88. The van der Waals surface area contributed by atoms with Gasteiger partial charge in [-0.2, -0.15) is 0 Å². The van der Waals surface area contributed by atoms with Gasteiger partial charge in [0.25, 0.3) is 11.8 Å². The minimum absolute atomic E-state index is 0.0752. The van der Waals surface area contributed by atoms with E-state index in [-0.39, 0.29) is 23.5 Å². The van der Waals surface area contributed by atoms with Crippen LogP contribution in [0.5, 0.6) is 0 Å². The number of aryl methyl sites for hydroxylation is 1. The van der Waals surface area contributed by atoms with Crippen molar-refractivity contribution in [1.29, 1.82) is 0 Å². The molecule has 5 heteroatoms. The average Bonchev–Trinajstić information content (AvgIpc) is 2.85.